The molecule has 1 aliphatic heterocycles. The van der Waals surface area contributed by atoms with Gasteiger partial charge in [-0.3, -0.25) is 19.7 Å². The molecule has 2 amide bonds. The molecule has 0 unspecified atom stereocenters. The zero-order valence-corrected chi connectivity index (χ0v) is 13.2. The van der Waals surface area contributed by atoms with Crippen molar-refractivity contribution in [3.8, 4) is 5.75 Å². The van der Waals surface area contributed by atoms with Crippen molar-refractivity contribution in [1.82, 2.24) is 5.32 Å². The molecule has 0 spiro atoms. The van der Waals surface area contributed by atoms with Crippen molar-refractivity contribution in [2.75, 3.05) is 20.3 Å². The molecular weight excluding hydrogens is 318 g/mol. The van der Waals surface area contributed by atoms with Crippen molar-refractivity contribution < 1.29 is 24.0 Å². The number of carbonyl (C=O) groups is 2. The summed E-state index contributed by atoms with van der Waals surface area (Å²) in [5.41, 5.74) is 5.64. The highest BCUT2D eigenvalue weighted by molar-refractivity contribution is 5.88. The summed E-state index contributed by atoms with van der Waals surface area (Å²) in [4.78, 5) is 34.2. The van der Waals surface area contributed by atoms with Crippen LogP contribution in [0.4, 0.5) is 5.69 Å². The number of ether oxygens (including phenoxy) is 2. The van der Waals surface area contributed by atoms with E-state index in [2.05, 4.69) is 5.32 Å². The second-order valence-corrected chi connectivity index (χ2v) is 5.48. The summed E-state index contributed by atoms with van der Waals surface area (Å²) in [7, 11) is 1.42. The van der Waals surface area contributed by atoms with Crippen LogP contribution in [0.2, 0.25) is 0 Å². The number of hydrogen-bond donors (Lipinski definition) is 2. The van der Waals surface area contributed by atoms with Gasteiger partial charge in [0.1, 0.15) is 11.8 Å². The molecular formula is C15H19N3O6. The number of nitro groups is 1. The summed E-state index contributed by atoms with van der Waals surface area (Å²) >= 11 is 0. The van der Waals surface area contributed by atoms with Crippen LogP contribution in [0, 0.1) is 16.0 Å². The minimum Gasteiger partial charge on any atom is -0.496 e. The van der Waals surface area contributed by atoms with Crippen molar-refractivity contribution in [3.63, 3.8) is 0 Å². The van der Waals surface area contributed by atoms with Gasteiger partial charge in [0, 0.05) is 30.7 Å². The van der Waals surface area contributed by atoms with Crippen LogP contribution in [0.25, 0.3) is 0 Å². The van der Waals surface area contributed by atoms with E-state index in [1.807, 2.05) is 0 Å². The smallest absolute Gasteiger partial charge is 0.269 e. The molecule has 0 aromatic heterocycles. The fourth-order valence-electron chi connectivity index (χ4n) is 2.51. The molecule has 9 heteroatoms. The van der Waals surface area contributed by atoms with Crippen LogP contribution in [0.5, 0.6) is 5.75 Å². The summed E-state index contributed by atoms with van der Waals surface area (Å²) in [5, 5.41) is 13.5. The molecule has 0 saturated carbocycles. The average molecular weight is 337 g/mol. The van der Waals surface area contributed by atoms with E-state index in [1.54, 1.807) is 0 Å². The van der Waals surface area contributed by atoms with E-state index in [-0.39, 0.29) is 23.9 Å². The Labute approximate surface area is 138 Å². The van der Waals surface area contributed by atoms with Crippen LogP contribution < -0.4 is 15.8 Å². The van der Waals surface area contributed by atoms with Gasteiger partial charge in [-0.15, -0.1) is 0 Å². The Hall–Kier alpha value is -2.68. The highest BCUT2D eigenvalue weighted by atomic mass is 16.6. The normalized spacial score (nSPS) is 18.0. The standard InChI is InChI=1S/C15H19N3O6/c1-23-13-3-2-11(18(21)22)6-10(13)7-12(14(16)19)17-15(20)9-4-5-24-8-9/h2-3,6,9,12H,4-5,7-8H2,1H3,(H2,16,19)(H,17,20)/t9-,12-/m0/s1. The predicted molar refractivity (Wildman–Crippen MR) is 83.4 cm³/mol. The first-order valence-corrected chi connectivity index (χ1v) is 7.41. The van der Waals surface area contributed by atoms with Gasteiger partial charge in [0.25, 0.3) is 5.69 Å². The summed E-state index contributed by atoms with van der Waals surface area (Å²) in [5.74, 6) is -0.985. The molecule has 9 nitrogen and oxygen atoms in total. The van der Waals surface area contributed by atoms with Gasteiger partial charge < -0.3 is 20.5 Å². The molecule has 1 aliphatic rings. The Morgan fingerprint density at radius 3 is 2.83 bits per heavy atom. The van der Waals surface area contributed by atoms with Crippen molar-refractivity contribution in [2.24, 2.45) is 11.7 Å². The van der Waals surface area contributed by atoms with Gasteiger partial charge in [0.15, 0.2) is 0 Å². The number of carbonyl (C=O) groups excluding carboxylic acids is 2. The Bertz CT molecular complexity index is 642. The maximum atomic E-state index is 12.1. The van der Waals surface area contributed by atoms with E-state index in [0.717, 1.165) is 0 Å². The Morgan fingerprint density at radius 1 is 1.54 bits per heavy atom. The number of benzene rings is 1. The quantitative estimate of drug-likeness (QED) is 0.537. The van der Waals surface area contributed by atoms with Gasteiger partial charge in [-0.05, 0) is 12.5 Å². The second kappa shape index (κ2) is 7.73. The minimum absolute atomic E-state index is 0.000492. The van der Waals surface area contributed by atoms with E-state index in [4.69, 9.17) is 15.2 Å². The zero-order chi connectivity index (χ0) is 17.7. The lowest BCUT2D eigenvalue weighted by molar-refractivity contribution is -0.384. The van der Waals surface area contributed by atoms with Gasteiger partial charge in [0.05, 0.1) is 24.6 Å². The molecule has 2 atom stereocenters. The van der Waals surface area contributed by atoms with Gasteiger partial charge in [-0.2, -0.15) is 0 Å². The van der Waals surface area contributed by atoms with Crippen molar-refractivity contribution >= 4 is 17.5 Å². The number of hydrogen-bond acceptors (Lipinski definition) is 6. The Kier molecular flexibility index (Phi) is 5.69. The number of methoxy groups -OCH3 is 1. The SMILES string of the molecule is COc1ccc([N+](=O)[O-])cc1C[C@H](NC(=O)[C@H]1CCOC1)C(N)=O. The first-order chi connectivity index (χ1) is 11.4. The van der Waals surface area contributed by atoms with Gasteiger partial charge in [-0.1, -0.05) is 0 Å². The van der Waals surface area contributed by atoms with Crippen molar-refractivity contribution in [3.05, 3.63) is 33.9 Å². The molecule has 1 saturated heterocycles. The molecule has 1 aromatic rings. The van der Waals surface area contributed by atoms with E-state index >= 15 is 0 Å². The van der Waals surface area contributed by atoms with Crippen LogP contribution in [0.15, 0.2) is 18.2 Å². The molecule has 0 aliphatic carbocycles. The molecule has 1 fully saturated rings. The highest BCUT2D eigenvalue weighted by Gasteiger charge is 2.28. The third-order valence-electron chi connectivity index (χ3n) is 3.86. The van der Waals surface area contributed by atoms with Crippen LogP contribution >= 0.6 is 0 Å². The highest BCUT2D eigenvalue weighted by Crippen LogP contribution is 2.25. The maximum Gasteiger partial charge on any atom is 0.269 e. The Morgan fingerprint density at radius 2 is 2.29 bits per heavy atom. The minimum atomic E-state index is -0.992. The fourth-order valence-corrected chi connectivity index (χ4v) is 2.51. The number of rotatable bonds is 7. The predicted octanol–water partition coefficient (Wildman–Crippen LogP) is 0.152. The van der Waals surface area contributed by atoms with E-state index in [9.17, 15) is 19.7 Å². The van der Waals surface area contributed by atoms with E-state index in [1.165, 1.54) is 25.3 Å². The van der Waals surface area contributed by atoms with E-state index in [0.29, 0.717) is 30.9 Å². The zero-order valence-electron chi connectivity index (χ0n) is 13.2. The molecule has 3 N–H and O–H groups in total. The number of amides is 2. The van der Waals surface area contributed by atoms with Gasteiger partial charge >= 0.3 is 0 Å². The fraction of sp³-hybridized carbons (Fsp3) is 0.467. The first kappa shape index (κ1) is 17.7. The number of non-ortho nitro benzene ring substituents is 1. The molecule has 130 valence electrons. The molecule has 2 rings (SSSR count). The molecule has 1 heterocycles. The van der Waals surface area contributed by atoms with Crippen molar-refractivity contribution in [2.45, 2.75) is 18.9 Å². The summed E-state index contributed by atoms with van der Waals surface area (Å²) in [6, 6.07) is 3.06. The number of nitrogens with two attached hydrogens (primary N) is 1. The molecule has 1 aromatic carbocycles. The lowest BCUT2D eigenvalue weighted by Gasteiger charge is -2.19. The Balaban J connectivity index is 2.17. The second-order valence-electron chi connectivity index (χ2n) is 5.48. The topological polar surface area (TPSA) is 134 Å². The third kappa shape index (κ3) is 4.19. The van der Waals surface area contributed by atoms with Crippen LogP contribution in [0.3, 0.4) is 0 Å². The number of nitro benzene ring substituents is 1. The van der Waals surface area contributed by atoms with Gasteiger partial charge in [-0.25, -0.2) is 0 Å². The lowest BCUT2D eigenvalue weighted by Crippen LogP contribution is -2.48. The largest absolute Gasteiger partial charge is 0.496 e. The van der Waals surface area contributed by atoms with Crippen LogP contribution in [-0.2, 0) is 20.7 Å². The molecule has 0 radical (unpaired) electrons. The summed E-state index contributed by atoms with van der Waals surface area (Å²) < 4.78 is 10.3. The molecule has 0 bridgehead atoms. The van der Waals surface area contributed by atoms with Crippen LogP contribution in [0.1, 0.15) is 12.0 Å². The lowest BCUT2D eigenvalue weighted by atomic mass is 10.0. The number of nitrogens with one attached hydrogen (secondary N) is 1. The monoisotopic (exact) mass is 337 g/mol. The van der Waals surface area contributed by atoms with Gasteiger partial charge in [0.2, 0.25) is 11.8 Å². The summed E-state index contributed by atoms with van der Waals surface area (Å²) in [6.07, 6.45) is 0.580. The number of primary amides is 1. The summed E-state index contributed by atoms with van der Waals surface area (Å²) in [6.45, 7) is 0.801. The number of nitrogens with zero attached hydrogens (tertiary/aromatic N) is 1. The van der Waals surface area contributed by atoms with E-state index < -0.39 is 16.9 Å². The third-order valence-corrected chi connectivity index (χ3v) is 3.86. The maximum absolute atomic E-state index is 12.1. The van der Waals surface area contributed by atoms with Crippen LogP contribution in [-0.4, -0.2) is 43.1 Å². The first-order valence-electron chi connectivity index (χ1n) is 7.41. The average Bonchev–Trinajstić information content (AvgIpc) is 3.08. The van der Waals surface area contributed by atoms with Crippen molar-refractivity contribution in [1.29, 1.82) is 0 Å². The molecule has 24 heavy (non-hydrogen) atoms.